The zero-order chi connectivity index (χ0) is 17.8. The van der Waals surface area contributed by atoms with Gasteiger partial charge in [0.1, 0.15) is 23.9 Å². The molecule has 3 rings (SSSR count). The fourth-order valence-electron chi connectivity index (χ4n) is 2.16. The van der Waals surface area contributed by atoms with E-state index in [2.05, 4.69) is 5.16 Å². The highest BCUT2D eigenvalue weighted by atomic mass is 35.5. The normalized spacial score (nSPS) is 10.5. The van der Waals surface area contributed by atoms with Gasteiger partial charge in [0, 0.05) is 11.6 Å². The van der Waals surface area contributed by atoms with Gasteiger partial charge in [-0.3, -0.25) is 0 Å². The SMILES string of the molecule is COc1cccc(-c2cc(COC(=O)c3ccc(F)cc3Cl)no2)c1. The van der Waals surface area contributed by atoms with Gasteiger partial charge in [-0.05, 0) is 30.3 Å². The smallest absolute Gasteiger partial charge is 0.340 e. The first-order chi connectivity index (χ1) is 12.1. The molecule has 0 radical (unpaired) electrons. The standard InChI is InChI=1S/C18H13ClFNO4/c1-23-14-4-2-3-11(7-14)17-9-13(21-25-17)10-24-18(22)15-6-5-12(20)8-16(15)19/h2-9H,10H2,1H3. The van der Waals surface area contributed by atoms with Crippen molar-refractivity contribution in [1.29, 1.82) is 0 Å². The summed E-state index contributed by atoms with van der Waals surface area (Å²) in [5.41, 5.74) is 1.30. The lowest BCUT2D eigenvalue weighted by Gasteiger charge is -2.04. The molecule has 0 bridgehead atoms. The molecule has 0 aliphatic rings. The third-order valence-corrected chi connectivity index (χ3v) is 3.73. The van der Waals surface area contributed by atoms with E-state index < -0.39 is 11.8 Å². The number of ether oxygens (including phenoxy) is 2. The Balaban J connectivity index is 1.68. The molecule has 0 aliphatic heterocycles. The van der Waals surface area contributed by atoms with Crippen molar-refractivity contribution in [2.75, 3.05) is 7.11 Å². The van der Waals surface area contributed by atoms with E-state index in [1.54, 1.807) is 19.2 Å². The van der Waals surface area contributed by atoms with Crippen LogP contribution in [0.1, 0.15) is 16.1 Å². The van der Waals surface area contributed by atoms with Crippen LogP contribution in [0.25, 0.3) is 11.3 Å². The second kappa shape index (κ2) is 7.36. The first-order valence-corrected chi connectivity index (χ1v) is 7.67. The Bertz CT molecular complexity index is 910. The summed E-state index contributed by atoms with van der Waals surface area (Å²) >= 11 is 5.83. The Labute approximate surface area is 147 Å². The molecule has 0 spiro atoms. The predicted molar refractivity (Wildman–Crippen MR) is 89.0 cm³/mol. The Morgan fingerprint density at radius 1 is 1.24 bits per heavy atom. The monoisotopic (exact) mass is 361 g/mol. The number of rotatable bonds is 5. The number of carbonyl (C=O) groups is 1. The van der Waals surface area contributed by atoms with Crippen molar-refractivity contribution in [2.45, 2.75) is 6.61 Å². The molecule has 5 nitrogen and oxygen atoms in total. The fraction of sp³-hybridized carbons (Fsp3) is 0.111. The van der Waals surface area contributed by atoms with Gasteiger partial charge >= 0.3 is 5.97 Å². The molecule has 2 aromatic carbocycles. The maximum atomic E-state index is 13.0. The van der Waals surface area contributed by atoms with Crippen molar-refractivity contribution in [2.24, 2.45) is 0 Å². The van der Waals surface area contributed by atoms with Crippen molar-refractivity contribution < 1.29 is 23.2 Å². The molecule has 7 heteroatoms. The minimum Gasteiger partial charge on any atom is -0.497 e. The highest BCUT2D eigenvalue weighted by molar-refractivity contribution is 6.33. The van der Waals surface area contributed by atoms with E-state index in [1.807, 2.05) is 18.2 Å². The van der Waals surface area contributed by atoms with Gasteiger partial charge in [0.2, 0.25) is 0 Å². The number of methoxy groups -OCH3 is 1. The Kier molecular flexibility index (Phi) is 5.00. The highest BCUT2D eigenvalue weighted by Gasteiger charge is 2.14. The number of esters is 1. The van der Waals surface area contributed by atoms with Crippen LogP contribution in [0.15, 0.2) is 53.1 Å². The Morgan fingerprint density at radius 2 is 2.08 bits per heavy atom. The van der Waals surface area contributed by atoms with Gasteiger partial charge in [-0.1, -0.05) is 28.9 Å². The van der Waals surface area contributed by atoms with Crippen LogP contribution < -0.4 is 4.74 Å². The average molecular weight is 362 g/mol. The number of carbonyl (C=O) groups excluding carboxylic acids is 1. The van der Waals surface area contributed by atoms with Crippen LogP contribution in [-0.2, 0) is 11.3 Å². The number of hydrogen-bond acceptors (Lipinski definition) is 5. The van der Waals surface area contributed by atoms with Gasteiger partial charge in [0.25, 0.3) is 0 Å². The summed E-state index contributed by atoms with van der Waals surface area (Å²) in [4.78, 5) is 12.0. The molecule has 0 unspecified atom stereocenters. The van der Waals surface area contributed by atoms with Crippen molar-refractivity contribution in [3.63, 3.8) is 0 Å². The largest absolute Gasteiger partial charge is 0.497 e. The topological polar surface area (TPSA) is 61.6 Å². The van der Waals surface area contributed by atoms with Crippen LogP contribution in [0.4, 0.5) is 4.39 Å². The molecule has 0 fully saturated rings. The third-order valence-electron chi connectivity index (χ3n) is 3.42. The van der Waals surface area contributed by atoms with Crippen molar-refractivity contribution >= 4 is 17.6 Å². The van der Waals surface area contributed by atoms with E-state index in [1.165, 1.54) is 6.07 Å². The molecule has 0 saturated carbocycles. The van der Waals surface area contributed by atoms with Crippen molar-refractivity contribution in [3.05, 3.63) is 70.6 Å². The first-order valence-electron chi connectivity index (χ1n) is 7.29. The second-order valence-electron chi connectivity index (χ2n) is 5.11. The van der Waals surface area contributed by atoms with Gasteiger partial charge in [0.15, 0.2) is 5.76 Å². The molecule has 0 N–H and O–H groups in total. The van der Waals surface area contributed by atoms with Crippen LogP contribution in [-0.4, -0.2) is 18.2 Å². The molecule has 0 amide bonds. The lowest BCUT2D eigenvalue weighted by atomic mass is 10.1. The van der Waals surface area contributed by atoms with Gasteiger partial charge in [-0.2, -0.15) is 0 Å². The number of nitrogens with zero attached hydrogens (tertiary/aromatic N) is 1. The highest BCUT2D eigenvalue weighted by Crippen LogP contribution is 2.25. The fourth-order valence-corrected chi connectivity index (χ4v) is 2.41. The molecule has 128 valence electrons. The summed E-state index contributed by atoms with van der Waals surface area (Å²) in [7, 11) is 1.57. The summed E-state index contributed by atoms with van der Waals surface area (Å²) < 4.78 is 28.6. The minimum absolute atomic E-state index is 0.0118. The van der Waals surface area contributed by atoms with Gasteiger partial charge in [0.05, 0.1) is 17.7 Å². The maximum Gasteiger partial charge on any atom is 0.340 e. The number of hydrogen-bond donors (Lipinski definition) is 0. The number of halogens is 2. The summed E-state index contributed by atoms with van der Waals surface area (Å²) in [6.07, 6.45) is 0. The van der Waals surface area contributed by atoms with Crippen molar-refractivity contribution in [3.8, 4) is 17.1 Å². The van der Waals surface area contributed by atoms with Gasteiger partial charge in [-0.15, -0.1) is 0 Å². The Morgan fingerprint density at radius 3 is 2.84 bits per heavy atom. The second-order valence-corrected chi connectivity index (χ2v) is 5.52. The minimum atomic E-state index is -0.670. The molecular formula is C18H13ClFNO4. The molecule has 0 aliphatic carbocycles. The van der Waals surface area contributed by atoms with Gasteiger partial charge in [-0.25, -0.2) is 9.18 Å². The van der Waals surface area contributed by atoms with Crippen LogP contribution >= 0.6 is 11.6 Å². The zero-order valence-electron chi connectivity index (χ0n) is 13.2. The van der Waals surface area contributed by atoms with E-state index in [4.69, 9.17) is 25.6 Å². The zero-order valence-corrected chi connectivity index (χ0v) is 13.9. The van der Waals surface area contributed by atoms with Crippen LogP contribution in [0, 0.1) is 5.82 Å². The van der Waals surface area contributed by atoms with E-state index in [0.717, 1.165) is 17.7 Å². The summed E-state index contributed by atoms with van der Waals surface area (Å²) in [5.74, 6) is 0.00880. The van der Waals surface area contributed by atoms with Crippen LogP contribution in [0.5, 0.6) is 5.75 Å². The van der Waals surface area contributed by atoms with E-state index in [9.17, 15) is 9.18 Å². The maximum absolute atomic E-state index is 13.0. The molecule has 1 aromatic heterocycles. The van der Waals surface area contributed by atoms with Crippen LogP contribution in [0.2, 0.25) is 5.02 Å². The third kappa shape index (κ3) is 3.97. The Hall–Kier alpha value is -2.86. The number of aromatic nitrogens is 1. The predicted octanol–water partition coefficient (Wildman–Crippen LogP) is 4.50. The van der Waals surface area contributed by atoms with Crippen molar-refractivity contribution in [1.82, 2.24) is 5.16 Å². The lowest BCUT2D eigenvalue weighted by Crippen LogP contribution is -2.06. The first kappa shape index (κ1) is 17.0. The molecule has 1 heterocycles. The van der Waals surface area contributed by atoms with Crippen LogP contribution in [0.3, 0.4) is 0 Å². The average Bonchev–Trinajstić information content (AvgIpc) is 3.09. The number of benzene rings is 2. The van der Waals surface area contributed by atoms with E-state index in [-0.39, 0.29) is 17.2 Å². The molecule has 0 saturated heterocycles. The molecule has 25 heavy (non-hydrogen) atoms. The quantitative estimate of drug-likeness (QED) is 0.626. The summed E-state index contributed by atoms with van der Waals surface area (Å²) in [5, 5.41) is 3.85. The summed E-state index contributed by atoms with van der Waals surface area (Å²) in [6, 6.07) is 12.4. The van der Waals surface area contributed by atoms with Gasteiger partial charge < -0.3 is 14.0 Å². The molecule has 0 atom stereocenters. The lowest BCUT2D eigenvalue weighted by molar-refractivity contribution is 0.0464. The molecule has 3 aromatic rings. The van der Waals surface area contributed by atoms with E-state index in [0.29, 0.717) is 17.2 Å². The summed E-state index contributed by atoms with van der Waals surface area (Å²) in [6.45, 7) is -0.0972. The molecular weight excluding hydrogens is 349 g/mol. The van der Waals surface area contributed by atoms with E-state index >= 15 is 0 Å².